The third-order valence-corrected chi connectivity index (χ3v) is 5.28. The minimum absolute atomic E-state index is 0.527. The molecule has 1 aromatic rings. The molecule has 0 aromatic heterocycles. The fourth-order valence-electron chi connectivity index (χ4n) is 3.48. The van der Waals surface area contributed by atoms with Crippen LogP contribution in [-0.4, -0.2) is 11.2 Å². The third kappa shape index (κ3) is 7.65. The van der Waals surface area contributed by atoms with Gasteiger partial charge in [0.1, 0.15) is 0 Å². The van der Waals surface area contributed by atoms with Crippen molar-refractivity contribution in [2.45, 2.75) is 90.0 Å². The Hall–Kier alpha value is -1.09. The van der Waals surface area contributed by atoms with Crippen LogP contribution in [0.1, 0.15) is 83.1 Å². The van der Waals surface area contributed by atoms with Crippen LogP contribution in [-0.2, 0) is 6.42 Å². The summed E-state index contributed by atoms with van der Waals surface area (Å²) in [5.41, 5.74) is 2.44. The Kier molecular flexibility index (Phi) is 9.19. The van der Waals surface area contributed by atoms with E-state index in [1.807, 2.05) is 0 Å². The summed E-state index contributed by atoms with van der Waals surface area (Å²) < 4.78 is 0. The van der Waals surface area contributed by atoms with Gasteiger partial charge in [0.05, 0.1) is 0 Å². The lowest BCUT2D eigenvalue weighted by Crippen LogP contribution is -2.37. The number of aryl methyl sites for hydroxylation is 1. The largest absolute Gasteiger partial charge is 0.360 e. The minimum atomic E-state index is 0.527. The molecule has 1 fully saturated rings. The van der Waals surface area contributed by atoms with Gasteiger partial charge < -0.3 is 10.6 Å². The SMILES string of the molecule is CCc1ccc(NC(=S)NC2CCCCCCCCCCC2)cc1. The first-order valence-corrected chi connectivity index (χ1v) is 10.3. The molecule has 2 N–H and O–H groups in total. The van der Waals surface area contributed by atoms with Crippen molar-refractivity contribution < 1.29 is 0 Å². The molecule has 0 amide bonds. The topological polar surface area (TPSA) is 24.1 Å². The molecule has 0 heterocycles. The van der Waals surface area contributed by atoms with Crippen LogP contribution < -0.4 is 10.6 Å². The maximum atomic E-state index is 5.54. The number of nitrogens with one attached hydrogen (secondary N) is 2. The van der Waals surface area contributed by atoms with Gasteiger partial charge in [-0.3, -0.25) is 0 Å². The van der Waals surface area contributed by atoms with Gasteiger partial charge in [-0.05, 0) is 49.2 Å². The van der Waals surface area contributed by atoms with Crippen LogP contribution in [0, 0.1) is 0 Å². The number of anilines is 1. The lowest BCUT2D eigenvalue weighted by Gasteiger charge is -2.21. The summed E-state index contributed by atoms with van der Waals surface area (Å²) in [6.07, 6.45) is 16.0. The Morgan fingerprint density at radius 1 is 0.875 bits per heavy atom. The summed E-state index contributed by atoms with van der Waals surface area (Å²) in [6, 6.07) is 9.10. The van der Waals surface area contributed by atoms with Crippen LogP contribution in [0.5, 0.6) is 0 Å². The van der Waals surface area contributed by atoms with Gasteiger partial charge >= 0.3 is 0 Å². The fourth-order valence-corrected chi connectivity index (χ4v) is 3.77. The minimum Gasteiger partial charge on any atom is -0.360 e. The number of hydrogen-bond donors (Lipinski definition) is 2. The summed E-state index contributed by atoms with van der Waals surface area (Å²) in [5, 5.41) is 7.69. The highest BCUT2D eigenvalue weighted by Gasteiger charge is 2.11. The van der Waals surface area contributed by atoms with E-state index in [0.29, 0.717) is 6.04 Å². The zero-order valence-corrected chi connectivity index (χ0v) is 16.1. The molecule has 0 radical (unpaired) electrons. The number of thiocarbonyl (C=S) groups is 1. The number of benzene rings is 1. The lowest BCUT2D eigenvalue weighted by molar-refractivity contribution is 0.444. The van der Waals surface area contributed by atoms with E-state index in [0.717, 1.165) is 17.2 Å². The molecular formula is C21H34N2S. The molecular weight excluding hydrogens is 312 g/mol. The summed E-state index contributed by atoms with van der Waals surface area (Å²) in [5.74, 6) is 0. The van der Waals surface area contributed by atoms with Crippen LogP contribution in [0.15, 0.2) is 24.3 Å². The maximum absolute atomic E-state index is 5.54. The molecule has 2 nitrogen and oxygen atoms in total. The molecule has 0 bridgehead atoms. The van der Waals surface area contributed by atoms with Crippen molar-refractivity contribution in [3.05, 3.63) is 29.8 Å². The Balaban J connectivity index is 1.79. The lowest BCUT2D eigenvalue weighted by atomic mass is 9.98. The Bertz CT molecular complexity index is 457. The van der Waals surface area contributed by atoms with Crippen LogP contribution >= 0.6 is 12.2 Å². The van der Waals surface area contributed by atoms with Crippen LogP contribution in [0.3, 0.4) is 0 Å². The highest BCUT2D eigenvalue weighted by Crippen LogP contribution is 2.17. The molecule has 1 aliphatic rings. The first-order chi connectivity index (χ1) is 11.8. The second-order valence-corrected chi connectivity index (χ2v) is 7.51. The summed E-state index contributed by atoms with van der Waals surface area (Å²) >= 11 is 5.54. The average Bonchev–Trinajstić information content (AvgIpc) is 2.58. The molecule has 0 unspecified atom stereocenters. The van der Waals surface area contributed by atoms with Crippen LogP contribution in [0.4, 0.5) is 5.69 Å². The Morgan fingerprint density at radius 3 is 1.88 bits per heavy atom. The first-order valence-electron chi connectivity index (χ1n) is 9.94. The fraction of sp³-hybridized carbons (Fsp3) is 0.667. The van der Waals surface area contributed by atoms with Gasteiger partial charge in [0.25, 0.3) is 0 Å². The first kappa shape index (κ1) is 19.2. The number of hydrogen-bond acceptors (Lipinski definition) is 1. The highest BCUT2D eigenvalue weighted by atomic mass is 32.1. The van der Waals surface area contributed by atoms with E-state index in [1.54, 1.807) is 0 Å². The Labute approximate surface area is 153 Å². The second kappa shape index (κ2) is 11.5. The van der Waals surface area contributed by atoms with Crippen LogP contribution in [0.2, 0.25) is 0 Å². The summed E-state index contributed by atoms with van der Waals surface area (Å²) in [6.45, 7) is 2.18. The number of rotatable bonds is 3. The van der Waals surface area contributed by atoms with E-state index in [2.05, 4.69) is 41.8 Å². The van der Waals surface area contributed by atoms with Crippen molar-refractivity contribution in [1.82, 2.24) is 5.32 Å². The maximum Gasteiger partial charge on any atom is 0.170 e. The van der Waals surface area contributed by atoms with Gasteiger partial charge in [-0.2, -0.15) is 0 Å². The van der Waals surface area contributed by atoms with E-state index in [9.17, 15) is 0 Å². The van der Waals surface area contributed by atoms with Gasteiger partial charge in [0.2, 0.25) is 0 Å². The zero-order valence-electron chi connectivity index (χ0n) is 15.3. The van der Waals surface area contributed by atoms with Gasteiger partial charge in [-0.15, -0.1) is 0 Å². The van der Waals surface area contributed by atoms with E-state index < -0.39 is 0 Å². The Morgan fingerprint density at radius 2 is 1.38 bits per heavy atom. The molecule has 2 rings (SSSR count). The molecule has 1 saturated carbocycles. The smallest absolute Gasteiger partial charge is 0.170 e. The molecule has 0 atom stereocenters. The monoisotopic (exact) mass is 346 g/mol. The normalized spacial score (nSPS) is 18.2. The molecule has 1 aliphatic carbocycles. The van der Waals surface area contributed by atoms with Crippen molar-refractivity contribution in [3.63, 3.8) is 0 Å². The molecule has 0 aliphatic heterocycles. The van der Waals surface area contributed by atoms with Crippen LogP contribution in [0.25, 0.3) is 0 Å². The van der Waals surface area contributed by atoms with Crippen molar-refractivity contribution in [2.24, 2.45) is 0 Å². The third-order valence-electron chi connectivity index (χ3n) is 5.06. The summed E-state index contributed by atoms with van der Waals surface area (Å²) in [4.78, 5) is 0. The standard InChI is InChI=1S/C21H34N2S/c1-2-18-14-16-20(17-15-18)23-21(24)22-19-12-10-8-6-4-3-5-7-9-11-13-19/h14-17,19H,2-13H2,1H3,(H2,22,23,24). The molecule has 134 valence electrons. The average molecular weight is 347 g/mol. The van der Waals surface area contributed by atoms with E-state index in [4.69, 9.17) is 12.2 Å². The molecule has 0 spiro atoms. The molecule has 3 heteroatoms. The zero-order chi connectivity index (χ0) is 17.0. The van der Waals surface area contributed by atoms with E-state index in [1.165, 1.54) is 76.2 Å². The van der Waals surface area contributed by atoms with Crippen molar-refractivity contribution in [3.8, 4) is 0 Å². The van der Waals surface area contributed by atoms with Crippen molar-refractivity contribution >= 4 is 23.0 Å². The second-order valence-electron chi connectivity index (χ2n) is 7.11. The highest BCUT2D eigenvalue weighted by molar-refractivity contribution is 7.80. The molecule has 24 heavy (non-hydrogen) atoms. The van der Waals surface area contributed by atoms with Gasteiger partial charge in [0, 0.05) is 11.7 Å². The predicted octanol–water partition coefficient (Wildman–Crippen LogP) is 6.21. The van der Waals surface area contributed by atoms with Gasteiger partial charge in [0.15, 0.2) is 5.11 Å². The van der Waals surface area contributed by atoms with Gasteiger partial charge in [-0.1, -0.05) is 76.8 Å². The predicted molar refractivity (Wildman–Crippen MR) is 110 cm³/mol. The van der Waals surface area contributed by atoms with E-state index >= 15 is 0 Å². The van der Waals surface area contributed by atoms with Crippen molar-refractivity contribution in [2.75, 3.05) is 5.32 Å². The quantitative estimate of drug-likeness (QED) is 0.636. The molecule has 1 aromatic carbocycles. The molecule has 0 saturated heterocycles. The van der Waals surface area contributed by atoms with Crippen molar-refractivity contribution in [1.29, 1.82) is 0 Å². The van der Waals surface area contributed by atoms with Gasteiger partial charge in [-0.25, -0.2) is 0 Å². The van der Waals surface area contributed by atoms with E-state index in [-0.39, 0.29) is 0 Å². The summed E-state index contributed by atoms with van der Waals surface area (Å²) in [7, 11) is 0.